The molecule has 0 bridgehead atoms. The predicted molar refractivity (Wildman–Crippen MR) is 31.2 cm³/mol. The summed E-state index contributed by atoms with van der Waals surface area (Å²) in [5.41, 5.74) is 0. The molecule has 61 valence electrons. The van der Waals surface area contributed by atoms with Crippen LogP contribution in [0.5, 0.6) is 0 Å². The summed E-state index contributed by atoms with van der Waals surface area (Å²) in [4.78, 5) is 0. The molecule has 0 aliphatic carbocycles. The Morgan fingerprint density at radius 1 is 1.30 bits per heavy atom. The van der Waals surface area contributed by atoms with Crippen LogP contribution in [0.2, 0.25) is 0 Å². The van der Waals surface area contributed by atoms with Crippen molar-refractivity contribution in [2.75, 3.05) is 6.61 Å². The molecule has 0 saturated carbocycles. The Bertz CT molecular complexity index is 87.5. The Labute approximate surface area is 58.2 Å². The van der Waals surface area contributed by atoms with Crippen LogP contribution in [-0.2, 0) is 4.74 Å². The van der Waals surface area contributed by atoms with E-state index in [1.807, 2.05) is 0 Å². The SMILES string of the molecule is C[C](C)OCCC(F)(F)F. The molecule has 10 heavy (non-hydrogen) atoms. The number of alkyl halides is 3. The van der Waals surface area contributed by atoms with Crippen LogP contribution in [0, 0.1) is 6.10 Å². The maximum absolute atomic E-state index is 11.4. The lowest BCUT2D eigenvalue weighted by molar-refractivity contribution is -0.144. The van der Waals surface area contributed by atoms with Crippen molar-refractivity contribution in [3.05, 3.63) is 6.10 Å². The molecule has 1 nitrogen and oxygen atoms in total. The second-order valence-electron chi connectivity index (χ2n) is 2.12. The first-order valence-electron chi connectivity index (χ1n) is 2.91. The van der Waals surface area contributed by atoms with Gasteiger partial charge in [0, 0.05) is 0 Å². The van der Waals surface area contributed by atoms with Gasteiger partial charge in [-0.2, -0.15) is 13.2 Å². The Hall–Kier alpha value is -0.250. The highest BCUT2D eigenvalue weighted by Crippen LogP contribution is 2.19. The zero-order valence-corrected chi connectivity index (χ0v) is 5.96. The lowest BCUT2D eigenvalue weighted by Crippen LogP contribution is -2.11. The molecular formula is C6H10F3O. The normalized spacial score (nSPS) is 12.6. The van der Waals surface area contributed by atoms with E-state index in [9.17, 15) is 13.2 Å². The first-order chi connectivity index (χ1) is 4.42. The summed E-state index contributed by atoms with van der Waals surface area (Å²) in [7, 11) is 0. The smallest absolute Gasteiger partial charge is 0.372 e. The van der Waals surface area contributed by atoms with Crippen LogP contribution in [0.25, 0.3) is 0 Å². The van der Waals surface area contributed by atoms with Crippen LogP contribution in [-0.4, -0.2) is 12.8 Å². The minimum atomic E-state index is -4.10. The van der Waals surface area contributed by atoms with E-state index in [2.05, 4.69) is 4.74 Å². The predicted octanol–water partition coefficient (Wildman–Crippen LogP) is 2.53. The molecule has 0 amide bonds. The van der Waals surface area contributed by atoms with Crippen molar-refractivity contribution in [3.8, 4) is 0 Å². The number of rotatable bonds is 3. The summed E-state index contributed by atoms with van der Waals surface area (Å²) in [6.07, 6.45) is -4.42. The number of halogens is 3. The fourth-order valence-electron chi connectivity index (χ4n) is 0.371. The van der Waals surface area contributed by atoms with Gasteiger partial charge in [-0.05, 0) is 13.8 Å². The fourth-order valence-corrected chi connectivity index (χ4v) is 0.371. The molecule has 0 aromatic carbocycles. The fraction of sp³-hybridized carbons (Fsp3) is 0.833. The van der Waals surface area contributed by atoms with Crippen LogP contribution < -0.4 is 0 Å². The number of hydrogen-bond donors (Lipinski definition) is 0. The quantitative estimate of drug-likeness (QED) is 0.608. The van der Waals surface area contributed by atoms with Crippen LogP contribution in [0.3, 0.4) is 0 Å². The summed E-state index contributed by atoms with van der Waals surface area (Å²) in [6, 6.07) is 0. The van der Waals surface area contributed by atoms with Crippen LogP contribution in [0.1, 0.15) is 20.3 Å². The zero-order valence-electron chi connectivity index (χ0n) is 5.96. The molecule has 0 heterocycles. The highest BCUT2D eigenvalue weighted by atomic mass is 19.4. The summed E-state index contributed by atoms with van der Waals surface area (Å²) >= 11 is 0. The van der Waals surface area contributed by atoms with Gasteiger partial charge in [0.2, 0.25) is 0 Å². The highest BCUT2D eigenvalue weighted by Gasteiger charge is 2.26. The van der Waals surface area contributed by atoms with E-state index in [4.69, 9.17) is 0 Å². The van der Waals surface area contributed by atoms with Crippen molar-refractivity contribution in [2.45, 2.75) is 26.4 Å². The largest absolute Gasteiger partial charge is 0.391 e. The van der Waals surface area contributed by atoms with Gasteiger partial charge in [-0.25, -0.2) is 0 Å². The molecule has 0 spiro atoms. The first kappa shape index (κ1) is 9.75. The van der Waals surface area contributed by atoms with Crippen molar-refractivity contribution in [1.82, 2.24) is 0 Å². The molecule has 0 atom stereocenters. The van der Waals surface area contributed by atoms with Crippen LogP contribution in [0.4, 0.5) is 13.2 Å². The third-order valence-corrected chi connectivity index (χ3v) is 0.776. The maximum atomic E-state index is 11.4. The molecule has 0 aliphatic heterocycles. The zero-order chi connectivity index (χ0) is 8.20. The van der Waals surface area contributed by atoms with E-state index in [0.29, 0.717) is 6.10 Å². The van der Waals surface area contributed by atoms with Gasteiger partial charge in [-0.1, -0.05) is 0 Å². The van der Waals surface area contributed by atoms with E-state index in [0.717, 1.165) is 0 Å². The summed E-state index contributed by atoms with van der Waals surface area (Å²) in [6.45, 7) is 2.97. The second-order valence-corrected chi connectivity index (χ2v) is 2.12. The van der Waals surface area contributed by atoms with Gasteiger partial charge in [-0.15, -0.1) is 0 Å². The van der Waals surface area contributed by atoms with E-state index in [1.54, 1.807) is 13.8 Å². The standard InChI is InChI=1S/C6H10F3O/c1-5(2)10-4-3-6(7,8)9/h3-4H2,1-2H3. The van der Waals surface area contributed by atoms with Crippen LogP contribution in [0.15, 0.2) is 0 Å². The Morgan fingerprint density at radius 3 is 2.10 bits per heavy atom. The molecule has 0 aliphatic rings. The molecule has 0 rings (SSSR count). The first-order valence-corrected chi connectivity index (χ1v) is 2.91. The third kappa shape index (κ3) is 7.75. The van der Waals surface area contributed by atoms with E-state index >= 15 is 0 Å². The lowest BCUT2D eigenvalue weighted by Gasteiger charge is -2.08. The summed E-state index contributed by atoms with van der Waals surface area (Å²) in [5, 5.41) is 0. The maximum Gasteiger partial charge on any atom is 0.391 e. The van der Waals surface area contributed by atoms with Gasteiger partial charge >= 0.3 is 6.18 Å². The monoisotopic (exact) mass is 155 g/mol. The van der Waals surface area contributed by atoms with Crippen molar-refractivity contribution in [2.24, 2.45) is 0 Å². The Morgan fingerprint density at radius 2 is 1.80 bits per heavy atom. The lowest BCUT2D eigenvalue weighted by atomic mass is 10.4. The minimum Gasteiger partial charge on any atom is -0.372 e. The third-order valence-electron chi connectivity index (χ3n) is 0.776. The molecule has 0 aromatic heterocycles. The van der Waals surface area contributed by atoms with Crippen molar-refractivity contribution >= 4 is 0 Å². The van der Waals surface area contributed by atoms with Crippen molar-refractivity contribution in [3.63, 3.8) is 0 Å². The molecule has 1 radical (unpaired) electrons. The summed E-state index contributed by atoms with van der Waals surface area (Å²) in [5.74, 6) is 0. The van der Waals surface area contributed by atoms with Gasteiger partial charge in [0.1, 0.15) is 0 Å². The average molecular weight is 155 g/mol. The number of ether oxygens (including phenoxy) is 1. The van der Waals surface area contributed by atoms with Crippen molar-refractivity contribution in [1.29, 1.82) is 0 Å². The van der Waals surface area contributed by atoms with Gasteiger partial charge < -0.3 is 4.74 Å². The molecule has 0 unspecified atom stereocenters. The van der Waals surface area contributed by atoms with Crippen molar-refractivity contribution < 1.29 is 17.9 Å². The second kappa shape index (κ2) is 3.81. The Kier molecular flexibility index (Phi) is 3.71. The highest BCUT2D eigenvalue weighted by molar-refractivity contribution is 4.61. The topological polar surface area (TPSA) is 9.23 Å². The molecular weight excluding hydrogens is 145 g/mol. The summed E-state index contributed by atoms with van der Waals surface area (Å²) < 4.78 is 38.9. The molecule has 0 N–H and O–H groups in total. The molecule has 0 aromatic rings. The molecule has 4 heteroatoms. The van der Waals surface area contributed by atoms with Crippen LogP contribution >= 0.6 is 0 Å². The minimum absolute atomic E-state index is 0.272. The number of hydrogen-bond acceptors (Lipinski definition) is 1. The molecule has 0 saturated heterocycles. The molecule has 0 fully saturated rings. The van der Waals surface area contributed by atoms with Gasteiger partial charge in [0.15, 0.2) is 0 Å². The average Bonchev–Trinajstić information content (AvgIpc) is 1.59. The van der Waals surface area contributed by atoms with E-state index in [-0.39, 0.29) is 6.61 Å². The van der Waals surface area contributed by atoms with Gasteiger partial charge in [0.25, 0.3) is 0 Å². The van der Waals surface area contributed by atoms with E-state index < -0.39 is 12.6 Å². The van der Waals surface area contributed by atoms with E-state index in [1.165, 1.54) is 0 Å². The van der Waals surface area contributed by atoms with Gasteiger partial charge in [0.05, 0.1) is 19.1 Å². The Balaban J connectivity index is 3.21. The van der Waals surface area contributed by atoms with Gasteiger partial charge in [-0.3, -0.25) is 0 Å².